The minimum atomic E-state index is -0.213. The Morgan fingerprint density at radius 2 is 2.00 bits per heavy atom. The van der Waals surface area contributed by atoms with Gasteiger partial charge in [0, 0.05) is 12.5 Å². The molecule has 23 heavy (non-hydrogen) atoms. The Labute approximate surface area is 135 Å². The van der Waals surface area contributed by atoms with Crippen LogP contribution in [0.4, 0.5) is 0 Å². The van der Waals surface area contributed by atoms with Crippen LogP contribution < -0.4 is 10.1 Å². The Kier molecular flexibility index (Phi) is 4.94. The molecule has 1 fully saturated rings. The van der Waals surface area contributed by atoms with Crippen molar-refractivity contribution in [1.82, 2.24) is 5.32 Å². The number of hydrogen-bond donors (Lipinski definition) is 1. The molecule has 0 bridgehead atoms. The summed E-state index contributed by atoms with van der Waals surface area (Å²) < 4.78 is 11.5. The number of nitrogens with one attached hydrogen (secondary N) is 1. The van der Waals surface area contributed by atoms with E-state index in [1.165, 1.54) is 0 Å². The molecule has 0 radical (unpaired) electrons. The van der Waals surface area contributed by atoms with Crippen molar-refractivity contribution in [2.24, 2.45) is 5.92 Å². The lowest BCUT2D eigenvalue weighted by molar-refractivity contribution is -0.127. The second kappa shape index (κ2) is 7.30. The number of rotatable bonds is 4. The largest absolute Gasteiger partial charge is 0.486 e. The fraction of sp³-hybridized carbons (Fsp3) is 0.444. The molecule has 0 unspecified atom stereocenters. The Hall–Kier alpha value is -2.32. The summed E-state index contributed by atoms with van der Waals surface area (Å²) in [5.74, 6) is 0.824. The van der Waals surface area contributed by atoms with Crippen molar-refractivity contribution in [2.45, 2.75) is 31.4 Å². The molecule has 1 aromatic carbocycles. The van der Waals surface area contributed by atoms with Crippen molar-refractivity contribution in [3.8, 4) is 11.8 Å². The SMILES string of the molecule is N#Cc1ccc(O[C@@H]2COCC[C@H]2NC(=O)C2CC=CC2)cc1. The van der Waals surface area contributed by atoms with Crippen LogP contribution in [0.2, 0.25) is 0 Å². The number of ether oxygens (including phenoxy) is 2. The van der Waals surface area contributed by atoms with E-state index < -0.39 is 0 Å². The smallest absolute Gasteiger partial charge is 0.224 e. The second-order valence-corrected chi connectivity index (χ2v) is 5.91. The molecule has 120 valence electrons. The highest BCUT2D eigenvalue weighted by Crippen LogP contribution is 2.21. The van der Waals surface area contributed by atoms with Gasteiger partial charge in [0.1, 0.15) is 11.9 Å². The van der Waals surface area contributed by atoms with Crippen molar-refractivity contribution in [2.75, 3.05) is 13.2 Å². The number of carbonyl (C=O) groups excluding carboxylic acids is 1. The molecule has 1 N–H and O–H groups in total. The summed E-state index contributed by atoms with van der Waals surface area (Å²) >= 11 is 0. The molecule has 2 aliphatic rings. The third-order valence-electron chi connectivity index (χ3n) is 4.28. The Morgan fingerprint density at radius 1 is 1.26 bits per heavy atom. The first kappa shape index (κ1) is 15.6. The van der Waals surface area contributed by atoms with Crippen LogP contribution in [0.3, 0.4) is 0 Å². The molecule has 0 spiro atoms. The van der Waals surface area contributed by atoms with Crippen LogP contribution in [0.1, 0.15) is 24.8 Å². The van der Waals surface area contributed by atoms with Gasteiger partial charge >= 0.3 is 0 Å². The summed E-state index contributed by atoms with van der Waals surface area (Å²) in [6.07, 6.45) is 6.27. The van der Waals surface area contributed by atoms with Gasteiger partial charge in [0.05, 0.1) is 24.3 Å². The first-order valence-electron chi connectivity index (χ1n) is 7.96. The fourth-order valence-electron chi connectivity index (χ4n) is 2.91. The molecular formula is C18H20N2O3. The molecule has 1 aromatic rings. The average molecular weight is 312 g/mol. The van der Waals surface area contributed by atoms with E-state index in [0.717, 1.165) is 19.3 Å². The molecule has 1 amide bonds. The first-order valence-corrected chi connectivity index (χ1v) is 7.96. The highest BCUT2D eigenvalue weighted by atomic mass is 16.5. The molecule has 1 aliphatic carbocycles. The standard InChI is InChI=1S/C18H20N2O3/c19-11-13-5-7-15(8-6-13)23-17-12-22-10-9-16(17)20-18(21)14-3-1-2-4-14/h1-2,5-8,14,16-17H,3-4,9-10,12H2,(H,20,21)/t16-,17-/m1/s1. The van der Waals surface area contributed by atoms with Gasteiger partial charge in [0.2, 0.25) is 5.91 Å². The average Bonchev–Trinajstić information content (AvgIpc) is 3.12. The number of nitrogens with zero attached hydrogens (tertiary/aromatic N) is 1. The summed E-state index contributed by atoms with van der Waals surface area (Å²) in [6, 6.07) is 9.01. The minimum Gasteiger partial charge on any atom is -0.486 e. The van der Waals surface area contributed by atoms with E-state index in [-0.39, 0.29) is 24.0 Å². The van der Waals surface area contributed by atoms with Crippen LogP contribution in [0.15, 0.2) is 36.4 Å². The van der Waals surface area contributed by atoms with Crippen molar-refractivity contribution in [3.63, 3.8) is 0 Å². The fourth-order valence-corrected chi connectivity index (χ4v) is 2.91. The second-order valence-electron chi connectivity index (χ2n) is 5.91. The van der Waals surface area contributed by atoms with Gasteiger partial charge < -0.3 is 14.8 Å². The highest BCUT2D eigenvalue weighted by molar-refractivity contribution is 5.79. The van der Waals surface area contributed by atoms with E-state index in [4.69, 9.17) is 14.7 Å². The summed E-state index contributed by atoms with van der Waals surface area (Å²) in [5, 5.41) is 11.9. The first-order chi connectivity index (χ1) is 11.3. The van der Waals surface area contributed by atoms with Gasteiger partial charge in [-0.3, -0.25) is 4.79 Å². The van der Waals surface area contributed by atoms with Gasteiger partial charge in [0.15, 0.2) is 0 Å². The van der Waals surface area contributed by atoms with Crippen LogP contribution in [-0.2, 0) is 9.53 Å². The monoisotopic (exact) mass is 312 g/mol. The van der Waals surface area contributed by atoms with Gasteiger partial charge in [-0.2, -0.15) is 5.26 Å². The molecule has 0 aromatic heterocycles. The number of benzene rings is 1. The van der Waals surface area contributed by atoms with Gasteiger partial charge in [-0.1, -0.05) is 12.2 Å². The van der Waals surface area contributed by atoms with E-state index in [9.17, 15) is 4.79 Å². The molecule has 0 saturated carbocycles. The quantitative estimate of drug-likeness (QED) is 0.865. The maximum atomic E-state index is 12.3. The van der Waals surface area contributed by atoms with Crippen LogP contribution in [0.25, 0.3) is 0 Å². The number of allylic oxidation sites excluding steroid dienone is 2. The molecule has 3 rings (SSSR count). The van der Waals surface area contributed by atoms with Crippen molar-refractivity contribution in [1.29, 1.82) is 5.26 Å². The van der Waals surface area contributed by atoms with Crippen molar-refractivity contribution < 1.29 is 14.3 Å². The molecule has 2 atom stereocenters. The topological polar surface area (TPSA) is 71.3 Å². The molecule has 5 heteroatoms. The number of amides is 1. The van der Waals surface area contributed by atoms with Crippen LogP contribution >= 0.6 is 0 Å². The Morgan fingerprint density at radius 3 is 2.70 bits per heavy atom. The normalized spacial score (nSPS) is 24.1. The lowest BCUT2D eigenvalue weighted by Gasteiger charge is -2.33. The third kappa shape index (κ3) is 3.91. The predicted octanol–water partition coefficient (Wildman–Crippen LogP) is 2.18. The van der Waals surface area contributed by atoms with E-state index in [1.54, 1.807) is 24.3 Å². The van der Waals surface area contributed by atoms with Gasteiger partial charge in [-0.25, -0.2) is 0 Å². The number of hydrogen-bond acceptors (Lipinski definition) is 4. The van der Waals surface area contributed by atoms with Crippen molar-refractivity contribution in [3.05, 3.63) is 42.0 Å². The molecule has 1 saturated heterocycles. The predicted molar refractivity (Wildman–Crippen MR) is 84.8 cm³/mol. The lowest BCUT2D eigenvalue weighted by Crippen LogP contribution is -2.52. The molecule has 1 heterocycles. The van der Waals surface area contributed by atoms with Crippen LogP contribution in [0.5, 0.6) is 5.75 Å². The summed E-state index contributed by atoms with van der Waals surface area (Å²) in [6.45, 7) is 1.08. The zero-order valence-electron chi connectivity index (χ0n) is 12.9. The summed E-state index contributed by atoms with van der Waals surface area (Å²) in [7, 11) is 0. The number of carbonyl (C=O) groups is 1. The van der Waals surface area contributed by atoms with Gasteiger partial charge in [0.25, 0.3) is 0 Å². The van der Waals surface area contributed by atoms with Crippen molar-refractivity contribution >= 4 is 5.91 Å². The highest BCUT2D eigenvalue weighted by Gasteiger charge is 2.31. The maximum Gasteiger partial charge on any atom is 0.224 e. The van der Waals surface area contributed by atoms with E-state index >= 15 is 0 Å². The lowest BCUT2D eigenvalue weighted by atomic mass is 10.0. The van der Waals surface area contributed by atoms with E-state index in [0.29, 0.717) is 24.5 Å². The van der Waals surface area contributed by atoms with E-state index in [2.05, 4.69) is 23.5 Å². The van der Waals surface area contributed by atoms with Crippen LogP contribution in [0, 0.1) is 17.2 Å². The zero-order chi connectivity index (χ0) is 16.1. The molecule has 5 nitrogen and oxygen atoms in total. The van der Waals surface area contributed by atoms with Gasteiger partial charge in [-0.15, -0.1) is 0 Å². The molecular weight excluding hydrogens is 292 g/mol. The summed E-state index contributed by atoms with van der Waals surface area (Å²) in [4.78, 5) is 12.3. The van der Waals surface area contributed by atoms with Crippen LogP contribution in [-0.4, -0.2) is 31.3 Å². The summed E-state index contributed by atoms with van der Waals surface area (Å²) in [5.41, 5.74) is 0.593. The minimum absolute atomic E-state index is 0.0486. The molecule has 1 aliphatic heterocycles. The maximum absolute atomic E-state index is 12.3. The number of nitriles is 1. The Balaban J connectivity index is 1.61. The third-order valence-corrected chi connectivity index (χ3v) is 4.28. The Bertz CT molecular complexity index is 610. The van der Waals surface area contributed by atoms with Gasteiger partial charge in [-0.05, 0) is 43.5 Å². The zero-order valence-corrected chi connectivity index (χ0v) is 12.9. The van der Waals surface area contributed by atoms with E-state index in [1.807, 2.05) is 0 Å².